The van der Waals surface area contributed by atoms with Crippen molar-refractivity contribution in [1.29, 1.82) is 0 Å². The third-order valence-electron chi connectivity index (χ3n) is 3.48. The normalized spacial score (nSPS) is 12.1. The number of aryl methyl sites for hydroxylation is 1. The van der Waals surface area contributed by atoms with Gasteiger partial charge in [-0.2, -0.15) is 22.8 Å². The molecule has 0 saturated carbocycles. The average molecular weight is 360 g/mol. The number of alkyl halides is 3. The Morgan fingerprint density at radius 1 is 1.21 bits per heavy atom. The van der Waals surface area contributed by atoms with E-state index in [1.54, 1.807) is 0 Å². The summed E-state index contributed by atoms with van der Waals surface area (Å²) in [6.45, 7) is 1.27. The fraction of sp³-hybridized carbons (Fsp3) is 0.200. The molecule has 24 heavy (non-hydrogen) atoms. The van der Waals surface area contributed by atoms with Gasteiger partial charge in [-0.05, 0) is 19.1 Å². The van der Waals surface area contributed by atoms with Crippen molar-refractivity contribution in [1.82, 2.24) is 14.6 Å². The van der Waals surface area contributed by atoms with E-state index in [9.17, 15) is 22.7 Å². The van der Waals surface area contributed by atoms with Gasteiger partial charge in [0.25, 0.3) is 0 Å². The summed E-state index contributed by atoms with van der Waals surface area (Å²) < 4.78 is 53.1. The molecule has 0 bridgehead atoms. The van der Waals surface area contributed by atoms with Crippen LogP contribution in [0.4, 0.5) is 17.6 Å². The summed E-state index contributed by atoms with van der Waals surface area (Å²) in [5.41, 5.74) is -0.685. The minimum absolute atomic E-state index is 0.112. The molecule has 0 saturated heterocycles. The molecule has 0 aliphatic carbocycles. The van der Waals surface area contributed by atoms with Crippen molar-refractivity contribution in [3.63, 3.8) is 0 Å². The third kappa shape index (κ3) is 2.89. The summed E-state index contributed by atoms with van der Waals surface area (Å²) in [7, 11) is 0. The summed E-state index contributed by atoms with van der Waals surface area (Å²) in [6.07, 6.45) is -5.92. The fourth-order valence-corrected chi connectivity index (χ4v) is 2.48. The topological polar surface area (TPSA) is 50.4 Å². The van der Waals surface area contributed by atoms with Gasteiger partial charge >= 0.3 is 6.18 Å². The van der Waals surface area contributed by atoms with Crippen LogP contribution in [0.5, 0.6) is 5.88 Å². The Kier molecular flexibility index (Phi) is 3.87. The molecule has 0 radical (unpaired) electrons. The number of aromatic hydroxyl groups is 1. The smallest absolute Gasteiger partial charge is 0.393 e. The molecular weight excluding hydrogens is 350 g/mol. The molecule has 0 fully saturated rings. The molecule has 126 valence electrons. The standard InChI is InChI=1S/C15H10ClF4N3O/c1-7-10(6-15(18,19)20)14(24)23-13(21-7)11(17)12(22-23)8-2-4-9(16)5-3-8/h2-5,24H,6H2,1H3. The first kappa shape index (κ1) is 16.5. The van der Waals surface area contributed by atoms with Gasteiger partial charge in [0.1, 0.15) is 5.69 Å². The van der Waals surface area contributed by atoms with Gasteiger partial charge in [-0.3, -0.25) is 0 Å². The number of hydrogen-bond acceptors (Lipinski definition) is 3. The van der Waals surface area contributed by atoms with E-state index in [1.807, 2.05) is 0 Å². The van der Waals surface area contributed by atoms with Crippen LogP contribution in [0, 0.1) is 12.7 Å². The van der Waals surface area contributed by atoms with Gasteiger partial charge in [-0.25, -0.2) is 9.37 Å². The zero-order valence-electron chi connectivity index (χ0n) is 12.2. The zero-order valence-corrected chi connectivity index (χ0v) is 13.0. The highest BCUT2D eigenvalue weighted by molar-refractivity contribution is 6.30. The molecule has 3 aromatic rings. The van der Waals surface area contributed by atoms with Crippen molar-refractivity contribution in [3.8, 4) is 17.1 Å². The predicted molar refractivity (Wildman–Crippen MR) is 79.6 cm³/mol. The van der Waals surface area contributed by atoms with Crippen molar-refractivity contribution in [3.05, 3.63) is 46.4 Å². The van der Waals surface area contributed by atoms with Gasteiger partial charge in [0, 0.05) is 21.8 Å². The number of rotatable bonds is 2. The van der Waals surface area contributed by atoms with Gasteiger partial charge in [0.15, 0.2) is 11.5 Å². The average Bonchev–Trinajstić information content (AvgIpc) is 2.81. The van der Waals surface area contributed by atoms with Crippen LogP contribution in [-0.4, -0.2) is 25.9 Å². The molecule has 0 aliphatic heterocycles. The van der Waals surface area contributed by atoms with Crippen LogP contribution in [0.15, 0.2) is 24.3 Å². The molecule has 0 amide bonds. The summed E-state index contributed by atoms with van der Waals surface area (Å²) >= 11 is 5.77. The van der Waals surface area contributed by atoms with Gasteiger partial charge < -0.3 is 5.11 Å². The van der Waals surface area contributed by atoms with Crippen LogP contribution in [-0.2, 0) is 6.42 Å². The second kappa shape index (κ2) is 5.62. The summed E-state index contributed by atoms with van der Waals surface area (Å²) in [4.78, 5) is 3.82. The van der Waals surface area contributed by atoms with Crippen molar-refractivity contribution in [2.45, 2.75) is 19.5 Å². The first-order valence-electron chi connectivity index (χ1n) is 6.77. The lowest BCUT2D eigenvalue weighted by Gasteiger charge is -2.11. The molecule has 3 rings (SSSR count). The highest BCUT2D eigenvalue weighted by Gasteiger charge is 2.32. The summed E-state index contributed by atoms with van der Waals surface area (Å²) in [5.74, 6) is -1.62. The Bertz CT molecular complexity index is 919. The van der Waals surface area contributed by atoms with Gasteiger partial charge in [0.2, 0.25) is 5.88 Å². The Labute approximate surface area is 138 Å². The molecule has 4 nitrogen and oxygen atoms in total. The van der Waals surface area contributed by atoms with Crippen molar-refractivity contribution >= 4 is 17.2 Å². The van der Waals surface area contributed by atoms with Crippen molar-refractivity contribution < 1.29 is 22.7 Å². The molecule has 1 N–H and O–H groups in total. The minimum Gasteiger partial charge on any atom is -0.493 e. The van der Waals surface area contributed by atoms with E-state index in [2.05, 4.69) is 10.1 Å². The number of hydrogen-bond donors (Lipinski definition) is 1. The maximum absolute atomic E-state index is 14.5. The molecule has 2 heterocycles. The number of fused-ring (bicyclic) bond motifs is 1. The molecule has 0 aliphatic rings. The molecule has 0 spiro atoms. The highest BCUT2D eigenvalue weighted by Crippen LogP contribution is 2.32. The van der Waals surface area contributed by atoms with E-state index in [0.29, 0.717) is 15.1 Å². The fourth-order valence-electron chi connectivity index (χ4n) is 2.35. The van der Waals surface area contributed by atoms with E-state index >= 15 is 0 Å². The van der Waals surface area contributed by atoms with Gasteiger partial charge in [-0.15, -0.1) is 0 Å². The van der Waals surface area contributed by atoms with Crippen LogP contribution in [0.25, 0.3) is 16.9 Å². The Balaban J connectivity index is 2.21. The van der Waals surface area contributed by atoms with Crippen molar-refractivity contribution in [2.75, 3.05) is 0 Å². The lowest BCUT2D eigenvalue weighted by Crippen LogP contribution is -2.14. The monoisotopic (exact) mass is 359 g/mol. The lowest BCUT2D eigenvalue weighted by atomic mass is 10.1. The highest BCUT2D eigenvalue weighted by atomic mass is 35.5. The van der Waals surface area contributed by atoms with Crippen LogP contribution in [0.3, 0.4) is 0 Å². The van der Waals surface area contributed by atoms with Crippen LogP contribution in [0.2, 0.25) is 5.02 Å². The van der Waals surface area contributed by atoms with Gasteiger partial charge in [-0.1, -0.05) is 23.7 Å². The van der Waals surface area contributed by atoms with E-state index in [0.717, 1.165) is 0 Å². The van der Waals surface area contributed by atoms with Crippen LogP contribution >= 0.6 is 11.6 Å². The second-order valence-electron chi connectivity index (χ2n) is 5.20. The maximum Gasteiger partial charge on any atom is 0.393 e. The molecule has 2 aromatic heterocycles. The van der Waals surface area contributed by atoms with Gasteiger partial charge in [0.05, 0.1) is 6.42 Å². The van der Waals surface area contributed by atoms with E-state index in [4.69, 9.17) is 11.6 Å². The molecule has 0 atom stereocenters. The lowest BCUT2D eigenvalue weighted by molar-refractivity contribution is -0.127. The minimum atomic E-state index is -4.54. The summed E-state index contributed by atoms with van der Waals surface area (Å²) in [5, 5.41) is 14.4. The first-order chi connectivity index (χ1) is 11.2. The molecule has 1 aromatic carbocycles. The van der Waals surface area contributed by atoms with E-state index < -0.39 is 29.9 Å². The van der Waals surface area contributed by atoms with Crippen LogP contribution < -0.4 is 0 Å². The Morgan fingerprint density at radius 2 is 1.83 bits per heavy atom. The molecule has 0 unspecified atom stereocenters. The largest absolute Gasteiger partial charge is 0.493 e. The third-order valence-corrected chi connectivity index (χ3v) is 3.73. The number of aromatic nitrogens is 3. The number of nitrogens with zero attached hydrogens (tertiary/aromatic N) is 3. The number of benzene rings is 1. The predicted octanol–water partition coefficient (Wildman–Crippen LogP) is 4.31. The SMILES string of the molecule is Cc1nc2c(F)c(-c3ccc(Cl)cc3)nn2c(O)c1CC(F)(F)F. The van der Waals surface area contributed by atoms with E-state index in [1.165, 1.54) is 31.2 Å². The second-order valence-corrected chi connectivity index (χ2v) is 5.63. The zero-order chi connectivity index (χ0) is 17.6. The van der Waals surface area contributed by atoms with Crippen molar-refractivity contribution in [2.24, 2.45) is 0 Å². The summed E-state index contributed by atoms with van der Waals surface area (Å²) in [6, 6.07) is 6.06. The van der Waals surface area contributed by atoms with E-state index in [-0.39, 0.29) is 17.0 Å². The quantitative estimate of drug-likeness (QED) is 0.694. The number of halogens is 5. The first-order valence-corrected chi connectivity index (χ1v) is 7.14. The maximum atomic E-state index is 14.5. The van der Waals surface area contributed by atoms with Crippen LogP contribution in [0.1, 0.15) is 11.3 Å². The Morgan fingerprint density at radius 3 is 2.42 bits per heavy atom. The molecule has 9 heteroatoms. The molecular formula is C15H10ClF4N3O. The Hall–Kier alpha value is -2.35.